The lowest BCUT2D eigenvalue weighted by Gasteiger charge is -2.29. The molecule has 6 nitrogen and oxygen atoms in total. The number of hydrogen-bond acceptors (Lipinski definition) is 4. The van der Waals surface area contributed by atoms with Crippen molar-refractivity contribution in [3.63, 3.8) is 0 Å². The van der Waals surface area contributed by atoms with Crippen molar-refractivity contribution in [2.75, 3.05) is 6.54 Å². The van der Waals surface area contributed by atoms with Gasteiger partial charge in [0.1, 0.15) is 6.04 Å². The Morgan fingerprint density at radius 1 is 1.33 bits per heavy atom. The number of nitrogens with zero attached hydrogens (tertiary/aromatic N) is 1. The summed E-state index contributed by atoms with van der Waals surface area (Å²) in [7, 11) is 0. The number of amides is 3. The van der Waals surface area contributed by atoms with E-state index in [0.29, 0.717) is 31.0 Å². The van der Waals surface area contributed by atoms with Gasteiger partial charge in [-0.05, 0) is 48.9 Å². The van der Waals surface area contributed by atoms with Gasteiger partial charge in [-0.1, -0.05) is 19.1 Å². The molecule has 0 aliphatic carbocycles. The number of rotatable bonds is 5. The molecular formula is C18H23N3O3. The largest absolute Gasteiger partial charge is 0.330 e. The summed E-state index contributed by atoms with van der Waals surface area (Å²) in [6, 6.07) is 5.37. The molecule has 3 rings (SSSR count). The first-order valence-corrected chi connectivity index (χ1v) is 8.52. The van der Waals surface area contributed by atoms with E-state index in [1.807, 2.05) is 12.1 Å². The first-order chi connectivity index (χ1) is 11.5. The van der Waals surface area contributed by atoms with Gasteiger partial charge in [-0.3, -0.25) is 19.7 Å². The maximum atomic E-state index is 12.6. The zero-order valence-corrected chi connectivity index (χ0v) is 13.9. The molecule has 0 saturated carbocycles. The van der Waals surface area contributed by atoms with Crippen LogP contribution < -0.4 is 11.1 Å². The molecule has 2 atom stereocenters. The van der Waals surface area contributed by atoms with Gasteiger partial charge in [0.25, 0.3) is 5.91 Å². The summed E-state index contributed by atoms with van der Waals surface area (Å²) >= 11 is 0. The van der Waals surface area contributed by atoms with Gasteiger partial charge < -0.3 is 10.6 Å². The van der Waals surface area contributed by atoms with Crippen LogP contribution in [0.1, 0.15) is 60.0 Å². The van der Waals surface area contributed by atoms with E-state index in [1.54, 1.807) is 4.90 Å². The highest BCUT2D eigenvalue weighted by Gasteiger charge is 2.39. The van der Waals surface area contributed by atoms with E-state index in [2.05, 4.69) is 18.3 Å². The number of nitrogens with two attached hydrogens (primary N) is 1. The Hall–Kier alpha value is -2.21. The van der Waals surface area contributed by atoms with Gasteiger partial charge in [-0.15, -0.1) is 0 Å². The number of hydrogen-bond donors (Lipinski definition) is 2. The van der Waals surface area contributed by atoms with Crippen LogP contribution in [-0.4, -0.2) is 35.2 Å². The van der Waals surface area contributed by atoms with Crippen molar-refractivity contribution < 1.29 is 14.4 Å². The van der Waals surface area contributed by atoms with E-state index >= 15 is 0 Å². The summed E-state index contributed by atoms with van der Waals surface area (Å²) in [4.78, 5) is 37.6. The SMILES string of the molecule is CCC(CCN)c1ccc2c(c1)CN(C1CCC(=O)NC1=O)C2=O. The summed E-state index contributed by atoms with van der Waals surface area (Å²) in [5, 5.41) is 2.32. The van der Waals surface area contributed by atoms with Crippen LogP contribution in [-0.2, 0) is 16.1 Å². The molecule has 0 bridgehead atoms. The molecule has 6 heteroatoms. The van der Waals surface area contributed by atoms with Gasteiger partial charge >= 0.3 is 0 Å². The summed E-state index contributed by atoms with van der Waals surface area (Å²) in [6.07, 6.45) is 2.58. The average Bonchev–Trinajstić information content (AvgIpc) is 2.89. The van der Waals surface area contributed by atoms with Crippen LogP contribution in [0.25, 0.3) is 0 Å². The highest BCUT2D eigenvalue weighted by atomic mass is 16.2. The normalized spacial score (nSPS) is 21.7. The zero-order valence-electron chi connectivity index (χ0n) is 13.9. The van der Waals surface area contributed by atoms with E-state index in [4.69, 9.17) is 5.73 Å². The van der Waals surface area contributed by atoms with E-state index in [9.17, 15) is 14.4 Å². The molecule has 2 heterocycles. The number of benzene rings is 1. The van der Waals surface area contributed by atoms with Crippen LogP contribution in [0.5, 0.6) is 0 Å². The first-order valence-electron chi connectivity index (χ1n) is 8.52. The lowest BCUT2D eigenvalue weighted by Crippen LogP contribution is -2.52. The number of piperidine rings is 1. The van der Waals surface area contributed by atoms with Crippen LogP contribution in [0.2, 0.25) is 0 Å². The molecule has 1 saturated heterocycles. The monoisotopic (exact) mass is 329 g/mol. The molecule has 0 aromatic heterocycles. The summed E-state index contributed by atoms with van der Waals surface area (Å²) in [5.74, 6) is -0.379. The minimum absolute atomic E-state index is 0.127. The zero-order chi connectivity index (χ0) is 17.3. The molecule has 1 fully saturated rings. The third-order valence-electron chi connectivity index (χ3n) is 5.03. The third-order valence-corrected chi connectivity index (χ3v) is 5.03. The molecule has 2 aliphatic heterocycles. The van der Waals surface area contributed by atoms with Crippen molar-refractivity contribution >= 4 is 17.7 Å². The molecule has 128 valence electrons. The Morgan fingerprint density at radius 3 is 2.79 bits per heavy atom. The smallest absolute Gasteiger partial charge is 0.255 e. The Bertz CT molecular complexity index is 686. The standard InChI is InChI=1S/C18H23N3O3/c1-2-11(7-8-19)12-3-4-14-13(9-12)10-21(18(14)24)15-5-6-16(22)20-17(15)23/h3-4,9,11,15H,2,5-8,10,19H2,1H3,(H,20,22,23). The molecule has 3 amide bonds. The van der Waals surface area contributed by atoms with Crippen LogP contribution in [0.3, 0.4) is 0 Å². The molecule has 24 heavy (non-hydrogen) atoms. The average molecular weight is 329 g/mol. The maximum Gasteiger partial charge on any atom is 0.255 e. The first kappa shape index (κ1) is 16.6. The predicted molar refractivity (Wildman–Crippen MR) is 89.2 cm³/mol. The quantitative estimate of drug-likeness (QED) is 0.796. The van der Waals surface area contributed by atoms with E-state index in [-0.39, 0.29) is 24.1 Å². The number of fused-ring (bicyclic) bond motifs is 1. The number of nitrogens with one attached hydrogen (secondary N) is 1. The van der Waals surface area contributed by atoms with E-state index in [1.165, 1.54) is 5.56 Å². The van der Waals surface area contributed by atoms with Crippen LogP contribution >= 0.6 is 0 Å². The van der Waals surface area contributed by atoms with Crippen LogP contribution in [0.15, 0.2) is 18.2 Å². The molecule has 3 N–H and O–H groups in total. The minimum atomic E-state index is -0.558. The Labute approximate surface area is 141 Å². The molecule has 0 radical (unpaired) electrons. The fourth-order valence-electron chi connectivity index (χ4n) is 3.66. The van der Waals surface area contributed by atoms with E-state index in [0.717, 1.165) is 18.4 Å². The third kappa shape index (κ3) is 2.94. The van der Waals surface area contributed by atoms with Crippen molar-refractivity contribution in [2.45, 2.75) is 51.1 Å². The van der Waals surface area contributed by atoms with Crippen molar-refractivity contribution in [1.82, 2.24) is 10.2 Å². The number of carbonyl (C=O) groups excluding carboxylic acids is 3. The highest BCUT2D eigenvalue weighted by Crippen LogP contribution is 2.31. The molecule has 2 unspecified atom stereocenters. The fourth-order valence-corrected chi connectivity index (χ4v) is 3.66. The molecule has 0 spiro atoms. The molecule has 1 aromatic carbocycles. The highest BCUT2D eigenvalue weighted by molar-refractivity contribution is 6.05. The number of carbonyl (C=O) groups is 3. The topological polar surface area (TPSA) is 92.5 Å². The van der Waals surface area contributed by atoms with Crippen molar-refractivity contribution in [3.8, 4) is 0 Å². The molecular weight excluding hydrogens is 306 g/mol. The molecule has 2 aliphatic rings. The maximum absolute atomic E-state index is 12.6. The van der Waals surface area contributed by atoms with E-state index < -0.39 is 6.04 Å². The van der Waals surface area contributed by atoms with Crippen molar-refractivity contribution in [2.24, 2.45) is 5.73 Å². The second-order valence-electron chi connectivity index (χ2n) is 6.50. The summed E-state index contributed by atoms with van der Waals surface area (Å²) in [6.45, 7) is 3.19. The van der Waals surface area contributed by atoms with Gasteiger partial charge in [0, 0.05) is 18.5 Å². The Balaban J connectivity index is 1.82. The minimum Gasteiger partial charge on any atom is -0.330 e. The Morgan fingerprint density at radius 2 is 2.12 bits per heavy atom. The summed E-state index contributed by atoms with van der Waals surface area (Å²) in [5.41, 5.74) is 8.50. The predicted octanol–water partition coefficient (Wildman–Crippen LogP) is 1.29. The van der Waals surface area contributed by atoms with Crippen LogP contribution in [0.4, 0.5) is 0 Å². The van der Waals surface area contributed by atoms with Gasteiger partial charge in [-0.2, -0.15) is 0 Å². The second-order valence-corrected chi connectivity index (χ2v) is 6.50. The van der Waals surface area contributed by atoms with Gasteiger partial charge in [-0.25, -0.2) is 0 Å². The lowest BCUT2D eigenvalue weighted by atomic mass is 9.91. The number of imide groups is 1. The van der Waals surface area contributed by atoms with Gasteiger partial charge in [0.2, 0.25) is 11.8 Å². The van der Waals surface area contributed by atoms with Crippen molar-refractivity contribution in [1.29, 1.82) is 0 Å². The lowest BCUT2D eigenvalue weighted by molar-refractivity contribution is -0.136. The summed E-state index contributed by atoms with van der Waals surface area (Å²) < 4.78 is 0. The van der Waals surface area contributed by atoms with Crippen molar-refractivity contribution in [3.05, 3.63) is 34.9 Å². The van der Waals surface area contributed by atoms with Crippen LogP contribution in [0, 0.1) is 0 Å². The van der Waals surface area contributed by atoms with Gasteiger partial charge in [0.05, 0.1) is 0 Å². The van der Waals surface area contributed by atoms with Gasteiger partial charge in [0.15, 0.2) is 0 Å². The Kier molecular flexibility index (Phi) is 4.66. The molecule has 1 aromatic rings. The second kappa shape index (κ2) is 6.73. The fraction of sp³-hybridized carbons (Fsp3) is 0.500.